The van der Waals surface area contributed by atoms with Crippen LogP contribution in [0.15, 0.2) is 206 Å². The first-order valence-electron chi connectivity index (χ1n) is 25.5. The molecule has 0 radical (unpaired) electrons. The molecule has 3 aromatic heterocycles. The van der Waals surface area contributed by atoms with E-state index >= 15 is 9.59 Å². The van der Waals surface area contributed by atoms with Crippen LogP contribution in [0, 0.1) is 0 Å². The van der Waals surface area contributed by atoms with Crippen LogP contribution in [0.2, 0.25) is 0 Å². The first kappa shape index (κ1) is 37.0. The highest BCUT2D eigenvalue weighted by molar-refractivity contribution is 6.27. The van der Waals surface area contributed by atoms with Gasteiger partial charge in [0.05, 0.1) is 39.4 Å². The van der Waals surface area contributed by atoms with E-state index in [1.165, 1.54) is 49.7 Å². The van der Waals surface area contributed by atoms with Crippen LogP contribution in [-0.2, 0) is 10.8 Å². The minimum atomic E-state index is -0.356. The molecule has 0 bridgehead atoms. The Kier molecular flexibility index (Phi) is 6.17. The molecule has 3 heterocycles. The Morgan fingerprint density at radius 3 is 1.32 bits per heavy atom. The quantitative estimate of drug-likeness (QED) is 0.173. The van der Waals surface area contributed by atoms with Gasteiger partial charge in [0, 0.05) is 71.8 Å². The lowest BCUT2D eigenvalue weighted by atomic mass is 9.36. The molecule has 332 valence electrons. The third-order valence-corrected chi connectivity index (χ3v) is 19.1. The molecule has 4 heteroatoms. The lowest BCUT2D eigenvalue weighted by Crippen LogP contribution is -2.61. The lowest BCUT2D eigenvalue weighted by Gasteiger charge is -2.64. The summed E-state index contributed by atoms with van der Waals surface area (Å²) in [5, 5.41) is 7.04. The van der Waals surface area contributed by atoms with E-state index in [9.17, 15) is 0 Å². The summed E-state index contributed by atoms with van der Waals surface area (Å²) < 4.78 is 4.81. The van der Waals surface area contributed by atoms with Crippen LogP contribution in [0.3, 0.4) is 0 Å². The molecular weight excluding hydrogens is 877 g/mol. The fraction of sp³-hybridized carbons (Fsp3) is 0.0882. The fourth-order valence-corrected chi connectivity index (χ4v) is 16.6. The maximum absolute atomic E-state index is 15.4. The molecule has 0 saturated carbocycles. The van der Waals surface area contributed by atoms with Gasteiger partial charge in [0.25, 0.3) is 0 Å². The number of benzene rings is 10. The number of hydrogen-bond donors (Lipinski definition) is 0. The summed E-state index contributed by atoms with van der Waals surface area (Å²) in [5.41, 5.74) is 22.2. The van der Waals surface area contributed by atoms with Crippen molar-refractivity contribution in [2.75, 3.05) is 0 Å². The number of Topliss-reactive ketones (excluding diaryl/α,β-unsaturated/α-hetero) is 2. The van der Waals surface area contributed by atoms with Crippen LogP contribution in [0.5, 0.6) is 0 Å². The second kappa shape index (κ2) is 12.0. The van der Waals surface area contributed by atoms with Crippen molar-refractivity contribution in [1.29, 1.82) is 0 Å². The van der Waals surface area contributed by atoms with E-state index in [4.69, 9.17) is 0 Å². The number of carbonyl (C=O) groups excluding carboxylic acids is 2. The minimum Gasteiger partial charge on any atom is -0.309 e. The standard InChI is InChI=1S/C68H38N2O2/c71-65-50-33-58-44(31-46(50)60-40-17-4-9-21-52(40)67(60)54-23-11-6-19-42(54)62(65)67)48-28-36(35-26-27-39-38-16-8-13-25-56(38)69(57(39)30-35)37-14-2-1-3-15-37)29-49-45-32-47-51(34-59(45)70(58)64(48)49)66(72)63-43-20-7-12-24-55(43)68(63)53-22-10-5-18-41(53)61(47)68/h1-34,60-63H. The smallest absolute Gasteiger partial charge is 0.171 e. The molecule has 0 N–H and O–H groups in total. The maximum Gasteiger partial charge on any atom is 0.171 e. The summed E-state index contributed by atoms with van der Waals surface area (Å²) in [5.74, 6) is 0.116. The molecular formula is C68H38N2O2. The second-order valence-corrected chi connectivity index (χ2v) is 21.6. The van der Waals surface area contributed by atoms with Crippen LogP contribution in [-0.4, -0.2) is 20.5 Å². The molecule has 0 saturated heterocycles. The number of carbonyl (C=O) groups is 2. The molecule has 6 unspecified atom stereocenters. The molecule has 13 aromatic rings. The number of aromatic nitrogens is 2. The molecule has 6 aliphatic rings. The van der Waals surface area contributed by atoms with Crippen LogP contribution in [0.4, 0.5) is 0 Å². The van der Waals surface area contributed by atoms with Gasteiger partial charge >= 0.3 is 0 Å². The predicted octanol–water partition coefficient (Wildman–Crippen LogP) is 15.1. The van der Waals surface area contributed by atoms with Crippen molar-refractivity contribution < 1.29 is 9.59 Å². The van der Waals surface area contributed by atoms with E-state index in [-0.39, 0.29) is 46.1 Å². The Bertz CT molecular complexity index is 4560. The van der Waals surface area contributed by atoms with Gasteiger partial charge in [-0.25, -0.2) is 0 Å². The van der Waals surface area contributed by atoms with Crippen molar-refractivity contribution in [3.63, 3.8) is 0 Å². The van der Waals surface area contributed by atoms with Crippen molar-refractivity contribution >= 4 is 71.5 Å². The summed E-state index contributed by atoms with van der Waals surface area (Å²) in [7, 11) is 0. The largest absolute Gasteiger partial charge is 0.309 e. The van der Waals surface area contributed by atoms with Crippen LogP contribution in [0.25, 0.3) is 76.7 Å². The van der Waals surface area contributed by atoms with Crippen molar-refractivity contribution in [3.05, 3.63) is 273 Å². The van der Waals surface area contributed by atoms with Crippen LogP contribution >= 0.6 is 0 Å². The number of ketones is 2. The third-order valence-electron chi connectivity index (χ3n) is 19.1. The SMILES string of the molecule is O=C1c2cc3c(cc2C2c4ccccc4C24c2ccccc2C14)c1cc(-c2ccc4c5ccccc5n(-c5ccccc5)c4c2)cc2c4cc5c(cc4n3c12)C(=O)C1c2ccccc2C12c1ccccc1C52. The topological polar surface area (TPSA) is 43.5 Å². The van der Waals surface area contributed by atoms with Gasteiger partial charge in [-0.15, -0.1) is 0 Å². The number of rotatable bonds is 2. The Hall–Kier alpha value is -8.86. The van der Waals surface area contributed by atoms with Crippen LogP contribution in [0.1, 0.15) is 100 Å². The van der Waals surface area contributed by atoms with Crippen LogP contribution < -0.4 is 0 Å². The maximum atomic E-state index is 15.4. The fourth-order valence-electron chi connectivity index (χ4n) is 16.6. The van der Waals surface area contributed by atoms with Crippen molar-refractivity contribution in [2.45, 2.75) is 34.5 Å². The van der Waals surface area contributed by atoms with E-state index in [1.807, 2.05) is 0 Å². The molecule has 19 rings (SSSR count). The molecule has 0 aliphatic heterocycles. The molecule has 0 amide bonds. The normalized spacial score (nSPS) is 23.2. The average molecular weight is 915 g/mol. The number of hydrogen-bond acceptors (Lipinski definition) is 2. The number of para-hydroxylation sites is 2. The minimum absolute atomic E-state index is 0.0740. The van der Waals surface area contributed by atoms with Gasteiger partial charge in [0.2, 0.25) is 0 Å². The zero-order valence-corrected chi connectivity index (χ0v) is 38.7. The summed E-state index contributed by atoms with van der Waals surface area (Å²) in [6.45, 7) is 0. The van der Waals surface area contributed by atoms with E-state index in [1.54, 1.807) is 0 Å². The first-order chi connectivity index (χ1) is 35.6. The van der Waals surface area contributed by atoms with E-state index < -0.39 is 0 Å². The van der Waals surface area contributed by atoms with Gasteiger partial charge < -0.3 is 8.97 Å². The summed E-state index contributed by atoms with van der Waals surface area (Å²) in [4.78, 5) is 30.8. The zero-order valence-electron chi connectivity index (χ0n) is 38.7. The first-order valence-corrected chi connectivity index (χ1v) is 25.5. The van der Waals surface area contributed by atoms with E-state index in [2.05, 4.69) is 215 Å². The summed E-state index contributed by atoms with van der Waals surface area (Å²) in [6, 6.07) is 75.4. The van der Waals surface area contributed by atoms with E-state index in [0.717, 1.165) is 93.8 Å². The van der Waals surface area contributed by atoms with Gasteiger partial charge in [-0.05, 0) is 127 Å². The molecule has 4 nitrogen and oxygen atoms in total. The molecule has 72 heavy (non-hydrogen) atoms. The van der Waals surface area contributed by atoms with Crippen molar-refractivity contribution in [2.24, 2.45) is 0 Å². The van der Waals surface area contributed by atoms with Gasteiger partial charge in [-0.1, -0.05) is 146 Å². The molecule has 0 fully saturated rings. The zero-order chi connectivity index (χ0) is 46.7. The van der Waals surface area contributed by atoms with Gasteiger partial charge in [0.15, 0.2) is 11.6 Å². The Morgan fingerprint density at radius 1 is 0.319 bits per heavy atom. The molecule has 10 aromatic carbocycles. The van der Waals surface area contributed by atoms with Crippen molar-refractivity contribution in [3.8, 4) is 16.8 Å². The Morgan fingerprint density at radius 2 is 0.778 bits per heavy atom. The Labute approximate surface area is 412 Å². The van der Waals surface area contributed by atoms with Gasteiger partial charge in [0.1, 0.15) is 0 Å². The summed E-state index contributed by atoms with van der Waals surface area (Å²) in [6.07, 6.45) is 0. The molecule has 6 aliphatic carbocycles. The van der Waals surface area contributed by atoms with Gasteiger partial charge in [-0.3, -0.25) is 9.59 Å². The highest BCUT2D eigenvalue weighted by Gasteiger charge is 2.70. The highest BCUT2D eigenvalue weighted by Crippen LogP contribution is 2.75. The van der Waals surface area contributed by atoms with Crippen molar-refractivity contribution in [1.82, 2.24) is 8.97 Å². The number of fused-ring (bicyclic) bond motifs is 21. The third kappa shape index (κ3) is 3.74. The number of nitrogens with zero attached hydrogens (tertiary/aromatic N) is 2. The Balaban J connectivity index is 0.919. The molecule has 6 atom stereocenters. The summed E-state index contributed by atoms with van der Waals surface area (Å²) >= 11 is 0. The highest BCUT2D eigenvalue weighted by atomic mass is 16.1. The monoisotopic (exact) mass is 914 g/mol. The van der Waals surface area contributed by atoms with Gasteiger partial charge in [-0.2, -0.15) is 0 Å². The van der Waals surface area contributed by atoms with E-state index in [0.29, 0.717) is 0 Å². The second-order valence-electron chi connectivity index (χ2n) is 21.6. The molecule has 2 spiro atoms. The average Bonchev–Trinajstić information content (AvgIpc) is 4.03. The lowest BCUT2D eigenvalue weighted by molar-refractivity contribution is 0.0839. The predicted molar refractivity (Wildman–Crippen MR) is 286 cm³/mol.